The lowest BCUT2D eigenvalue weighted by molar-refractivity contribution is 0.443. The van der Waals surface area contributed by atoms with Crippen LogP contribution in [0.25, 0.3) is 39.1 Å². The highest BCUT2D eigenvalue weighted by molar-refractivity contribution is 5.83. The van der Waals surface area contributed by atoms with Gasteiger partial charge in [-0.15, -0.1) is 0 Å². The molecule has 46 heavy (non-hydrogen) atoms. The molecule has 0 fully saturated rings. The van der Waals surface area contributed by atoms with E-state index < -0.39 is 0 Å². The summed E-state index contributed by atoms with van der Waals surface area (Å²) in [6, 6.07) is 53.1. The quantitative estimate of drug-likeness (QED) is 0.207. The molecule has 224 valence electrons. The summed E-state index contributed by atoms with van der Waals surface area (Å²) in [5.74, 6) is 0. The number of aryl methyl sites for hydroxylation is 1. The lowest BCUT2D eigenvalue weighted by atomic mass is 9.81. The van der Waals surface area contributed by atoms with Gasteiger partial charge in [0, 0.05) is 11.1 Å². The van der Waals surface area contributed by atoms with Crippen LogP contribution in [0.15, 0.2) is 152 Å². The van der Waals surface area contributed by atoms with E-state index in [1.54, 1.807) is 0 Å². The molecule has 6 aromatic carbocycles. The van der Waals surface area contributed by atoms with E-state index in [1.165, 1.54) is 66.8 Å². The Morgan fingerprint density at radius 1 is 0.500 bits per heavy atom. The Balaban J connectivity index is 1.24. The van der Waals surface area contributed by atoms with Crippen LogP contribution in [-0.4, -0.2) is 0 Å². The van der Waals surface area contributed by atoms with Crippen LogP contribution in [0.4, 0.5) is 0 Å². The summed E-state index contributed by atoms with van der Waals surface area (Å²) < 4.78 is 0. The molecule has 6 aromatic rings. The van der Waals surface area contributed by atoms with Crippen molar-refractivity contribution in [2.75, 3.05) is 0 Å². The van der Waals surface area contributed by atoms with Gasteiger partial charge in [0.15, 0.2) is 0 Å². The first kappa shape index (κ1) is 28.3. The summed E-state index contributed by atoms with van der Waals surface area (Å²) in [5, 5.41) is 7.89. The van der Waals surface area contributed by atoms with Crippen LogP contribution in [0, 0.1) is 6.92 Å². The van der Waals surface area contributed by atoms with Crippen molar-refractivity contribution < 1.29 is 0 Å². The first-order valence-electron chi connectivity index (χ1n) is 16.3. The van der Waals surface area contributed by atoms with Gasteiger partial charge in [-0.1, -0.05) is 141 Å². The molecule has 0 spiro atoms. The van der Waals surface area contributed by atoms with Gasteiger partial charge < -0.3 is 5.32 Å². The lowest BCUT2D eigenvalue weighted by Gasteiger charge is -2.34. The third-order valence-corrected chi connectivity index (χ3v) is 9.78. The largest absolute Gasteiger partial charge is 0.366 e. The minimum atomic E-state index is -0.0996. The Morgan fingerprint density at radius 2 is 1.07 bits per heavy atom. The van der Waals surface area contributed by atoms with Crippen molar-refractivity contribution in [2.45, 2.75) is 38.4 Å². The normalized spacial score (nSPS) is 17.8. The molecule has 0 saturated carbocycles. The smallest absolute Gasteiger partial charge is 0.104 e. The van der Waals surface area contributed by atoms with E-state index in [2.05, 4.69) is 183 Å². The van der Waals surface area contributed by atoms with Crippen LogP contribution >= 0.6 is 0 Å². The Labute approximate surface area is 272 Å². The average molecular weight is 595 g/mol. The second kappa shape index (κ2) is 11.3. The zero-order chi connectivity index (χ0) is 31.3. The van der Waals surface area contributed by atoms with E-state index in [9.17, 15) is 0 Å². The second-order valence-electron chi connectivity index (χ2n) is 13.2. The first-order chi connectivity index (χ1) is 22.4. The van der Waals surface area contributed by atoms with Crippen molar-refractivity contribution in [1.29, 1.82) is 0 Å². The third-order valence-electron chi connectivity index (χ3n) is 9.78. The maximum atomic E-state index is 3.94. The van der Waals surface area contributed by atoms with Gasteiger partial charge in [0.25, 0.3) is 0 Å². The molecule has 2 aliphatic rings. The van der Waals surface area contributed by atoms with Crippen LogP contribution in [0.5, 0.6) is 0 Å². The average Bonchev–Trinajstić information content (AvgIpc) is 3.33. The number of fused-ring (bicyclic) bond motifs is 3. The Kier molecular flexibility index (Phi) is 6.96. The molecule has 0 aromatic heterocycles. The molecule has 0 saturated heterocycles. The predicted octanol–water partition coefficient (Wildman–Crippen LogP) is 10.6. The molecule has 2 N–H and O–H groups in total. The van der Waals surface area contributed by atoms with Gasteiger partial charge in [-0.05, 0) is 98.5 Å². The number of rotatable bonds is 5. The number of benzene rings is 6. The fourth-order valence-electron chi connectivity index (χ4n) is 7.28. The van der Waals surface area contributed by atoms with E-state index in [4.69, 9.17) is 0 Å². The first-order valence-corrected chi connectivity index (χ1v) is 16.3. The van der Waals surface area contributed by atoms with E-state index >= 15 is 0 Å². The van der Waals surface area contributed by atoms with E-state index in [0.29, 0.717) is 0 Å². The Bertz CT molecular complexity index is 2020. The zero-order valence-electron chi connectivity index (χ0n) is 26.6. The van der Waals surface area contributed by atoms with Crippen molar-refractivity contribution in [3.8, 4) is 33.4 Å². The van der Waals surface area contributed by atoms with E-state index in [1.807, 2.05) is 0 Å². The molecular formula is C44H38N2. The fraction of sp³-hybridized carbons (Fsp3) is 0.136. The summed E-state index contributed by atoms with van der Waals surface area (Å²) in [7, 11) is 0. The third kappa shape index (κ3) is 5.05. The highest BCUT2D eigenvalue weighted by Crippen LogP contribution is 2.49. The molecule has 2 unspecified atom stereocenters. The Hall–Kier alpha value is -5.18. The minimum absolute atomic E-state index is 0.0455. The van der Waals surface area contributed by atoms with Crippen LogP contribution in [0.1, 0.15) is 59.4 Å². The van der Waals surface area contributed by atoms with Crippen molar-refractivity contribution in [2.24, 2.45) is 0 Å². The second-order valence-corrected chi connectivity index (χ2v) is 13.2. The number of hydrogen-bond acceptors (Lipinski definition) is 2. The molecule has 2 atom stereocenters. The van der Waals surface area contributed by atoms with Crippen molar-refractivity contribution in [1.82, 2.24) is 10.6 Å². The molecule has 0 bridgehead atoms. The SMILES string of the molecule is Cc1ccc2c(c1)C(C)(C)c1cc(C3=CC(c4ccccc4)NC(c4cc(-c5ccccc5)cc(-c5ccccc5)c4)N3)ccc1-2. The molecule has 8 rings (SSSR count). The topological polar surface area (TPSA) is 24.1 Å². The molecule has 2 nitrogen and oxygen atoms in total. The summed E-state index contributed by atoms with van der Waals surface area (Å²) in [6.07, 6.45) is 2.25. The van der Waals surface area contributed by atoms with Crippen LogP contribution in [0.2, 0.25) is 0 Å². The van der Waals surface area contributed by atoms with Crippen LogP contribution < -0.4 is 10.6 Å². The molecule has 0 amide bonds. The fourth-order valence-corrected chi connectivity index (χ4v) is 7.28. The van der Waals surface area contributed by atoms with Gasteiger partial charge >= 0.3 is 0 Å². The zero-order valence-corrected chi connectivity index (χ0v) is 26.6. The molecular weight excluding hydrogens is 556 g/mol. The van der Waals surface area contributed by atoms with Gasteiger partial charge in [0.2, 0.25) is 0 Å². The molecule has 1 aliphatic carbocycles. The molecule has 1 aliphatic heterocycles. The van der Waals surface area contributed by atoms with E-state index in [0.717, 1.165) is 5.70 Å². The molecule has 0 radical (unpaired) electrons. The van der Waals surface area contributed by atoms with E-state index in [-0.39, 0.29) is 17.6 Å². The van der Waals surface area contributed by atoms with Gasteiger partial charge in [-0.3, -0.25) is 5.32 Å². The summed E-state index contributed by atoms with van der Waals surface area (Å²) in [5.41, 5.74) is 16.4. The van der Waals surface area contributed by atoms with Gasteiger partial charge in [-0.2, -0.15) is 0 Å². The number of hydrogen-bond donors (Lipinski definition) is 2. The summed E-state index contributed by atoms with van der Waals surface area (Å²) in [4.78, 5) is 0. The van der Waals surface area contributed by atoms with Gasteiger partial charge in [0.05, 0.1) is 6.04 Å². The molecule has 2 heteroatoms. The minimum Gasteiger partial charge on any atom is -0.366 e. The maximum Gasteiger partial charge on any atom is 0.104 e. The summed E-state index contributed by atoms with van der Waals surface area (Å²) in [6.45, 7) is 6.91. The predicted molar refractivity (Wildman–Crippen MR) is 192 cm³/mol. The molecule has 1 heterocycles. The Morgan fingerprint density at radius 3 is 1.70 bits per heavy atom. The van der Waals surface area contributed by atoms with Crippen molar-refractivity contribution in [3.05, 3.63) is 185 Å². The van der Waals surface area contributed by atoms with Gasteiger partial charge in [-0.25, -0.2) is 0 Å². The van der Waals surface area contributed by atoms with Gasteiger partial charge in [0.1, 0.15) is 6.17 Å². The lowest BCUT2D eigenvalue weighted by Crippen LogP contribution is -2.39. The highest BCUT2D eigenvalue weighted by Gasteiger charge is 2.36. The maximum absolute atomic E-state index is 3.94. The van der Waals surface area contributed by atoms with Crippen LogP contribution in [0.3, 0.4) is 0 Å². The summed E-state index contributed by atoms with van der Waals surface area (Å²) >= 11 is 0. The standard InChI is InChI=1S/C44H38N2/c1-29-19-21-37-38-22-20-33(27-40(38)44(2,3)39(37)23-29)42-28-41(32-17-11-6-12-18-32)45-43(46-42)36-25-34(30-13-7-4-8-14-30)24-35(26-36)31-15-9-5-10-16-31/h4-28,41,43,45-46H,1-3H3. The van der Waals surface area contributed by atoms with Crippen LogP contribution in [-0.2, 0) is 5.41 Å². The van der Waals surface area contributed by atoms with Crippen molar-refractivity contribution >= 4 is 5.70 Å². The number of nitrogens with one attached hydrogen (secondary N) is 2. The van der Waals surface area contributed by atoms with Crippen molar-refractivity contribution in [3.63, 3.8) is 0 Å². The monoisotopic (exact) mass is 594 g/mol. The highest BCUT2D eigenvalue weighted by atomic mass is 15.2.